The third kappa shape index (κ3) is 4.70. The van der Waals surface area contributed by atoms with Crippen molar-refractivity contribution in [1.29, 1.82) is 0 Å². The highest BCUT2D eigenvalue weighted by molar-refractivity contribution is 7.54. The van der Waals surface area contributed by atoms with Crippen LogP contribution in [0.2, 0.25) is 0 Å². The van der Waals surface area contributed by atoms with Crippen LogP contribution in [-0.2, 0) is 9.09 Å². The molecule has 1 aliphatic heterocycles. The number of rotatable bonds is 7. The van der Waals surface area contributed by atoms with E-state index in [0.29, 0.717) is 24.8 Å². The molecular weight excluding hydrogens is 282 g/mol. The summed E-state index contributed by atoms with van der Waals surface area (Å²) in [5.74, 6) is 0.870. The lowest BCUT2D eigenvalue weighted by Crippen LogP contribution is -2.39. The maximum Gasteiger partial charge on any atom is 0.343 e. The van der Waals surface area contributed by atoms with Crippen LogP contribution >= 0.6 is 30.9 Å². The fourth-order valence-electron chi connectivity index (χ4n) is 1.93. The average Bonchev–Trinajstić information content (AvgIpc) is 2.31. The number of halogens is 2. The summed E-state index contributed by atoms with van der Waals surface area (Å²) in [6.07, 6.45) is 2.98. The molecule has 0 spiro atoms. The normalized spacial score (nSPS) is 30.6. The molecule has 1 saturated heterocycles. The first-order chi connectivity index (χ1) is 8.16. The Kier molecular flexibility index (Phi) is 7.39. The summed E-state index contributed by atoms with van der Waals surface area (Å²) < 4.78 is 20.2. The highest BCUT2D eigenvalue weighted by Gasteiger charge is 2.38. The van der Waals surface area contributed by atoms with Gasteiger partial charge in [0.1, 0.15) is 0 Å². The molecule has 0 aliphatic carbocycles. The molecule has 7 heteroatoms. The van der Waals surface area contributed by atoms with Crippen molar-refractivity contribution in [3.63, 3.8) is 0 Å². The van der Waals surface area contributed by atoms with E-state index in [-0.39, 0.29) is 6.10 Å². The van der Waals surface area contributed by atoms with E-state index in [4.69, 9.17) is 27.7 Å². The monoisotopic (exact) mass is 302 g/mol. The van der Waals surface area contributed by atoms with Crippen molar-refractivity contribution in [1.82, 2.24) is 9.76 Å². The van der Waals surface area contributed by atoms with Crippen LogP contribution in [0.15, 0.2) is 0 Å². The topological polar surface area (TPSA) is 41.6 Å². The molecule has 102 valence electrons. The van der Waals surface area contributed by atoms with Crippen LogP contribution in [0.4, 0.5) is 0 Å². The lowest BCUT2D eigenvalue weighted by molar-refractivity contribution is 0.116. The van der Waals surface area contributed by atoms with Crippen molar-refractivity contribution >= 4 is 30.9 Å². The van der Waals surface area contributed by atoms with E-state index in [1.54, 1.807) is 0 Å². The summed E-state index contributed by atoms with van der Waals surface area (Å²) in [6, 6.07) is 0. The Hall–Kier alpha value is 0.690. The minimum atomic E-state index is -2.93. The highest BCUT2D eigenvalue weighted by atomic mass is 35.5. The van der Waals surface area contributed by atoms with Crippen molar-refractivity contribution in [2.24, 2.45) is 0 Å². The molecule has 1 N–H and O–H groups in total. The second-order valence-electron chi connectivity index (χ2n) is 4.06. The zero-order valence-corrected chi connectivity index (χ0v) is 12.6. The van der Waals surface area contributed by atoms with Gasteiger partial charge in [0, 0.05) is 31.4 Å². The zero-order chi connectivity index (χ0) is 12.7. The van der Waals surface area contributed by atoms with Gasteiger partial charge in [-0.2, -0.15) is 0 Å². The molecule has 0 bridgehead atoms. The molecule has 4 nitrogen and oxygen atoms in total. The second-order valence-corrected chi connectivity index (χ2v) is 6.95. The number of nitrogens with zero attached hydrogens (tertiary/aromatic N) is 1. The third-order valence-corrected chi connectivity index (χ3v) is 5.44. The first-order valence-electron chi connectivity index (χ1n) is 6.07. The number of nitrogens with one attached hydrogen (secondary N) is 1. The van der Waals surface area contributed by atoms with E-state index in [0.717, 1.165) is 25.8 Å². The largest absolute Gasteiger partial charge is 0.343 e. The van der Waals surface area contributed by atoms with Gasteiger partial charge in [-0.3, -0.25) is 4.57 Å². The van der Waals surface area contributed by atoms with E-state index in [2.05, 4.69) is 12.0 Å². The molecule has 2 unspecified atom stereocenters. The van der Waals surface area contributed by atoms with Gasteiger partial charge in [0.15, 0.2) is 0 Å². The first kappa shape index (κ1) is 15.7. The molecule has 1 fully saturated rings. The Bertz CT molecular complexity index is 269. The molecule has 0 aromatic heterocycles. The summed E-state index contributed by atoms with van der Waals surface area (Å²) in [6.45, 7) is 3.93. The lowest BCUT2D eigenvalue weighted by Gasteiger charge is -2.38. The van der Waals surface area contributed by atoms with Crippen LogP contribution < -0.4 is 5.09 Å². The molecule has 17 heavy (non-hydrogen) atoms. The maximum absolute atomic E-state index is 12.7. The Balaban J connectivity index is 2.64. The fraction of sp³-hybridized carbons (Fsp3) is 1.00. The minimum absolute atomic E-state index is 0.0836. The predicted octanol–water partition coefficient (Wildman–Crippen LogP) is 3.05. The van der Waals surface area contributed by atoms with Crippen LogP contribution in [0.25, 0.3) is 0 Å². The average molecular weight is 303 g/mol. The minimum Gasteiger partial charge on any atom is -0.303 e. The summed E-state index contributed by atoms with van der Waals surface area (Å²) >= 11 is 11.3. The van der Waals surface area contributed by atoms with Crippen molar-refractivity contribution in [2.45, 2.75) is 32.3 Å². The highest BCUT2D eigenvalue weighted by Crippen LogP contribution is 2.51. The van der Waals surface area contributed by atoms with Gasteiger partial charge in [0.2, 0.25) is 0 Å². The van der Waals surface area contributed by atoms with Gasteiger partial charge in [0.25, 0.3) is 0 Å². The van der Waals surface area contributed by atoms with Crippen LogP contribution in [-0.4, -0.2) is 42.2 Å². The molecule has 0 amide bonds. The van der Waals surface area contributed by atoms with E-state index in [1.807, 2.05) is 4.67 Å². The van der Waals surface area contributed by atoms with Crippen LogP contribution in [0, 0.1) is 0 Å². The predicted molar refractivity (Wildman–Crippen MR) is 73.0 cm³/mol. The van der Waals surface area contributed by atoms with Gasteiger partial charge < -0.3 is 4.52 Å². The molecule has 0 aromatic rings. The van der Waals surface area contributed by atoms with E-state index in [9.17, 15) is 4.57 Å². The fourth-order valence-corrected chi connectivity index (χ4v) is 4.63. The summed E-state index contributed by atoms with van der Waals surface area (Å²) in [5, 5.41) is 2.94. The van der Waals surface area contributed by atoms with Crippen molar-refractivity contribution < 1.29 is 9.09 Å². The Labute approximate surface area is 114 Å². The van der Waals surface area contributed by atoms with Crippen LogP contribution in [0.1, 0.15) is 26.2 Å². The van der Waals surface area contributed by atoms with Crippen LogP contribution in [0.3, 0.4) is 0 Å². The maximum atomic E-state index is 12.7. The molecule has 1 rings (SSSR count). The van der Waals surface area contributed by atoms with E-state index in [1.165, 1.54) is 0 Å². The van der Waals surface area contributed by atoms with Gasteiger partial charge in [-0.15, -0.1) is 23.2 Å². The molecule has 0 radical (unpaired) electrons. The quantitative estimate of drug-likeness (QED) is 0.580. The number of alkyl halides is 2. The van der Waals surface area contributed by atoms with Crippen molar-refractivity contribution in [3.8, 4) is 0 Å². The van der Waals surface area contributed by atoms with E-state index >= 15 is 0 Å². The second kappa shape index (κ2) is 7.98. The molecule has 1 heterocycles. The summed E-state index contributed by atoms with van der Waals surface area (Å²) in [4.78, 5) is 0. The third-order valence-electron chi connectivity index (χ3n) is 2.73. The first-order valence-corrected chi connectivity index (χ1v) is 8.72. The van der Waals surface area contributed by atoms with Gasteiger partial charge in [-0.05, 0) is 12.8 Å². The van der Waals surface area contributed by atoms with Gasteiger partial charge in [0.05, 0.1) is 6.10 Å². The number of hydrogen-bond acceptors (Lipinski definition) is 2. The number of hydrogen-bond donors (Lipinski definition) is 1. The van der Waals surface area contributed by atoms with Gasteiger partial charge in [-0.1, -0.05) is 13.3 Å². The summed E-state index contributed by atoms with van der Waals surface area (Å²) in [5.41, 5.74) is 0. The molecule has 0 aromatic carbocycles. The van der Waals surface area contributed by atoms with Gasteiger partial charge >= 0.3 is 7.67 Å². The SMILES string of the molecule is CCCC1CCN(CCCl)P(=O)(NCCCl)O1. The molecule has 0 saturated carbocycles. The van der Waals surface area contributed by atoms with Crippen LogP contribution in [0.5, 0.6) is 0 Å². The van der Waals surface area contributed by atoms with Gasteiger partial charge in [-0.25, -0.2) is 9.76 Å². The summed E-state index contributed by atoms with van der Waals surface area (Å²) in [7, 11) is -2.93. The Morgan fingerprint density at radius 3 is 2.82 bits per heavy atom. The molecule has 2 atom stereocenters. The van der Waals surface area contributed by atoms with E-state index < -0.39 is 7.67 Å². The smallest absolute Gasteiger partial charge is 0.303 e. The van der Waals surface area contributed by atoms with Crippen molar-refractivity contribution in [3.05, 3.63) is 0 Å². The Morgan fingerprint density at radius 1 is 1.47 bits per heavy atom. The lowest BCUT2D eigenvalue weighted by atomic mass is 10.1. The zero-order valence-electron chi connectivity index (χ0n) is 10.2. The molecular formula is C10H21Cl2N2O2P. The molecule has 1 aliphatic rings. The van der Waals surface area contributed by atoms with Crippen molar-refractivity contribution in [2.75, 3.05) is 31.4 Å². The Morgan fingerprint density at radius 2 is 2.24 bits per heavy atom. The standard InChI is InChI=1S/C10H21Cl2N2O2P/c1-2-3-10-4-8-14(9-6-12)17(15,16-10)13-7-5-11/h10H,2-9H2,1H3,(H,13,15).